The predicted octanol–water partition coefficient (Wildman–Crippen LogP) is 10.2. The second-order valence-corrected chi connectivity index (χ2v) is 17.7. The number of carbonyl (C=O) groups excluding carboxylic acids is 5. The van der Waals surface area contributed by atoms with Crippen LogP contribution in [0.2, 0.25) is 0 Å². The minimum Gasteiger partial charge on any atom is -0.489 e. The summed E-state index contributed by atoms with van der Waals surface area (Å²) in [6.45, 7) is 0.131. The van der Waals surface area contributed by atoms with Crippen LogP contribution in [0.4, 0.5) is 31.5 Å². The van der Waals surface area contributed by atoms with Gasteiger partial charge in [0.05, 0.1) is 12.5 Å². The van der Waals surface area contributed by atoms with Crippen LogP contribution >= 0.6 is 0 Å². The molecule has 7 aromatic carbocycles. The van der Waals surface area contributed by atoms with Gasteiger partial charge in [0.1, 0.15) is 44.0 Å². The molecule has 0 aliphatic carbocycles. The summed E-state index contributed by atoms with van der Waals surface area (Å²) in [4.78, 5) is 70.2. The average Bonchev–Trinajstić information content (AvgIpc) is 3.54. The summed E-state index contributed by atoms with van der Waals surface area (Å²) in [5.41, 5.74) is 12.8. The third kappa shape index (κ3) is 17.1. The lowest BCUT2D eigenvalue weighted by atomic mass is 9.96. The second-order valence-electron chi connectivity index (χ2n) is 17.7. The van der Waals surface area contributed by atoms with E-state index in [0.717, 1.165) is 16.7 Å². The summed E-state index contributed by atoms with van der Waals surface area (Å²) in [6, 6.07) is 42.7. The Morgan fingerprint density at radius 3 is 1.51 bits per heavy atom. The van der Waals surface area contributed by atoms with Crippen LogP contribution in [-0.2, 0) is 68.0 Å². The minimum atomic E-state index is -2.48. The van der Waals surface area contributed by atoms with E-state index in [1.54, 1.807) is 97.1 Å². The summed E-state index contributed by atoms with van der Waals surface area (Å²) in [7, 11) is 0. The molecule has 20 heteroatoms. The highest BCUT2D eigenvalue weighted by Gasteiger charge is 2.33. The average molecular weight is 1090 g/mol. The van der Waals surface area contributed by atoms with Crippen molar-refractivity contribution in [3.05, 3.63) is 220 Å². The fraction of sp³-hybridized carbons (Fsp3) is 0.203. The van der Waals surface area contributed by atoms with E-state index in [0.29, 0.717) is 34.4 Å². The Labute approximate surface area is 450 Å². The topological polar surface area (TPSA) is 203 Å². The Balaban J connectivity index is 1.09. The molecule has 0 heterocycles. The van der Waals surface area contributed by atoms with E-state index in [1.165, 1.54) is 0 Å². The van der Waals surface area contributed by atoms with E-state index >= 15 is 0 Å². The molecule has 0 bridgehead atoms. The van der Waals surface area contributed by atoms with Gasteiger partial charge in [0, 0.05) is 13.0 Å². The fourth-order valence-corrected chi connectivity index (χ4v) is 7.68. The first-order chi connectivity index (χ1) is 38.2. The molecule has 3 amide bonds. The van der Waals surface area contributed by atoms with Gasteiger partial charge in [0.2, 0.25) is 34.8 Å². The van der Waals surface area contributed by atoms with E-state index in [4.69, 9.17) is 34.3 Å². The molecule has 0 aliphatic rings. The van der Waals surface area contributed by atoms with Crippen LogP contribution in [0.1, 0.15) is 52.6 Å². The van der Waals surface area contributed by atoms with E-state index < -0.39 is 83.4 Å². The zero-order valence-corrected chi connectivity index (χ0v) is 42.2. The first-order valence-electron chi connectivity index (χ1n) is 24.7. The lowest BCUT2D eigenvalue weighted by Crippen LogP contribution is -2.45. The number of halogens is 5. The molecule has 79 heavy (non-hydrogen) atoms. The molecule has 0 radical (unpaired) electrons. The maximum absolute atomic E-state index is 14.9. The van der Waals surface area contributed by atoms with Gasteiger partial charge in [0.15, 0.2) is 0 Å². The van der Waals surface area contributed by atoms with Gasteiger partial charge < -0.3 is 44.9 Å². The number of ether oxygens (including phenoxy) is 5. The molecule has 0 saturated carbocycles. The van der Waals surface area contributed by atoms with Gasteiger partial charge in [-0.05, 0) is 88.0 Å². The van der Waals surface area contributed by atoms with E-state index in [1.807, 2.05) is 60.7 Å². The van der Waals surface area contributed by atoms with Gasteiger partial charge in [-0.1, -0.05) is 133 Å². The number of alkyl carbamates (subject to hydrolysis) is 2. The standard InChI is InChI=1S/C59H53F5N4O11/c60-50-51(61)53(63)55(54(64)52(50)62)78-57(71)46(67-59(73)77-36-40-20-11-4-12-21-40)32-44-31-42(24-27-48(44)75-34-38-16-7-2-8-17-38)41-23-26-47(74-33-37-14-5-1-6-15-37)43(30-41)25-28-49(69)79-68-56(70)45(65)22-13-29-66-58(72)76-35-39-18-9-3-10-19-39/h1-12,14-21,23-24,26-27,30-31,45-46H,13,22,25,28-29,32-36,65H2,(H,66,72)(H,67,73)(H,68,70)/t45-,46-/m0/s1. The largest absolute Gasteiger partial charge is 0.489 e. The van der Waals surface area contributed by atoms with Gasteiger partial charge >= 0.3 is 24.1 Å². The molecule has 0 aromatic heterocycles. The molecule has 0 saturated heterocycles. The minimum absolute atomic E-state index is 0.00484. The highest BCUT2D eigenvalue weighted by Crippen LogP contribution is 2.34. The van der Waals surface area contributed by atoms with Crippen molar-refractivity contribution in [2.45, 2.75) is 70.6 Å². The van der Waals surface area contributed by atoms with E-state index in [9.17, 15) is 45.9 Å². The second kappa shape index (κ2) is 28.7. The van der Waals surface area contributed by atoms with Crippen LogP contribution in [0.25, 0.3) is 11.1 Å². The van der Waals surface area contributed by atoms with Crippen molar-refractivity contribution in [1.82, 2.24) is 16.1 Å². The number of amides is 3. The first-order valence-corrected chi connectivity index (χ1v) is 24.7. The third-order valence-corrected chi connectivity index (χ3v) is 11.9. The molecule has 410 valence electrons. The van der Waals surface area contributed by atoms with Crippen LogP contribution in [0, 0.1) is 29.1 Å². The maximum Gasteiger partial charge on any atom is 0.408 e. The van der Waals surface area contributed by atoms with Gasteiger partial charge in [0.25, 0.3) is 5.91 Å². The third-order valence-electron chi connectivity index (χ3n) is 11.9. The summed E-state index contributed by atoms with van der Waals surface area (Å²) in [6.07, 6.45) is -2.18. The van der Waals surface area contributed by atoms with E-state index in [-0.39, 0.29) is 63.5 Å². The van der Waals surface area contributed by atoms with Crippen LogP contribution in [0.5, 0.6) is 17.2 Å². The Morgan fingerprint density at radius 2 is 0.987 bits per heavy atom. The molecule has 0 spiro atoms. The van der Waals surface area contributed by atoms with Crippen molar-refractivity contribution in [3.63, 3.8) is 0 Å². The zero-order chi connectivity index (χ0) is 56.1. The number of aryl methyl sites for hydroxylation is 1. The normalized spacial score (nSPS) is 11.6. The number of carbonyl (C=O) groups is 5. The Morgan fingerprint density at radius 1 is 0.532 bits per heavy atom. The van der Waals surface area contributed by atoms with Crippen LogP contribution in [-0.4, -0.2) is 48.7 Å². The molecule has 7 rings (SSSR count). The monoisotopic (exact) mass is 1090 g/mol. The van der Waals surface area contributed by atoms with Crippen molar-refractivity contribution < 1.29 is 74.4 Å². The molecule has 2 atom stereocenters. The number of benzene rings is 7. The lowest BCUT2D eigenvalue weighted by molar-refractivity contribution is -0.158. The summed E-state index contributed by atoms with van der Waals surface area (Å²) in [5, 5.41) is 4.89. The number of rotatable bonds is 24. The molecule has 0 unspecified atom stereocenters. The van der Waals surface area contributed by atoms with Crippen molar-refractivity contribution in [2.75, 3.05) is 6.54 Å². The quantitative estimate of drug-likeness (QED) is 0.00653. The SMILES string of the molecule is N[C@@H](CCCNC(=O)OCc1ccccc1)C(=O)NOC(=O)CCc1cc(-c2ccc(OCc3ccccc3)c(C[C@H](NC(=O)OCc3ccccc3)C(=O)Oc3c(F)c(F)c(F)c(F)c3F)c2)ccc1OCc1ccccc1. The molecular formula is C59H53F5N4O11. The summed E-state index contributed by atoms with van der Waals surface area (Å²) >= 11 is 0. The molecule has 5 N–H and O–H groups in total. The smallest absolute Gasteiger partial charge is 0.408 e. The number of hydroxylamine groups is 1. The number of esters is 1. The highest BCUT2D eigenvalue weighted by atomic mass is 19.2. The molecule has 7 aromatic rings. The van der Waals surface area contributed by atoms with Crippen LogP contribution in [0.15, 0.2) is 158 Å². The zero-order valence-electron chi connectivity index (χ0n) is 42.2. The number of nitrogens with two attached hydrogens (primary N) is 1. The number of nitrogens with one attached hydrogen (secondary N) is 3. The molecule has 0 fully saturated rings. The fourth-order valence-electron chi connectivity index (χ4n) is 7.68. The van der Waals surface area contributed by atoms with Gasteiger partial charge in [-0.3, -0.25) is 4.79 Å². The Bertz CT molecular complexity index is 3170. The lowest BCUT2D eigenvalue weighted by Gasteiger charge is -2.21. The van der Waals surface area contributed by atoms with E-state index in [2.05, 4.69) is 16.1 Å². The number of hydrogen-bond acceptors (Lipinski definition) is 12. The van der Waals surface area contributed by atoms with Gasteiger partial charge in [-0.2, -0.15) is 14.3 Å². The molecule has 0 aliphatic heterocycles. The maximum atomic E-state index is 14.9. The van der Waals surface area contributed by atoms with Crippen molar-refractivity contribution in [2.24, 2.45) is 5.73 Å². The summed E-state index contributed by atoms with van der Waals surface area (Å²) < 4.78 is 100. The Kier molecular flexibility index (Phi) is 20.9. The molecule has 15 nitrogen and oxygen atoms in total. The van der Waals surface area contributed by atoms with Crippen LogP contribution in [0.3, 0.4) is 0 Å². The highest BCUT2D eigenvalue weighted by molar-refractivity contribution is 5.84. The molecular weight excluding hydrogens is 1040 g/mol. The van der Waals surface area contributed by atoms with Crippen molar-refractivity contribution in [3.8, 4) is 28.4 Å². The van der Waals surface area contributed by atoms with Gasteiger partial charge in [-0.15, -0.1) is 0 Å². The van der Waals surface area contributed by atoms with Crippen LogP contribution < -0.4 is 36.1 Å². The van der Waals surface area contributed by atoms with Gasteiger partial charge in [-0.25, -0.2) is 32.3 Å². The Hall–Kier alpha value is -9.30. The van der Waals surface area contributed by atoms with Crippen molar-refractivity contribution in [1.29, 1.82) is 0 Å². The summed E-state index contributed by atoms with van der Waals surface area (Å²) in [5.74, 6) is -16.6. The van der Waals surface area contributed by atoms with Crippen molar-refractivity contribution >= 4 is 30.0 Å². The first kappa shape index (κ1) is 57.4. The number of hydrogen-bond donors (Lipinski definition) is 4. The predicted molar refractivity (Wildman–Crippen MR) is 277 cm³/mol.